The fraction of sp³-hybridized carbons (Fsp3) is 0.625. The first-order chi connectivity index (χ1) is 8.58. The van der Waals surface area contributed by atoms with Crippen LogP contribution in [-0.4, -0.2) is 29.2 Å². The van der Waals surface area contributed by atoms with Crippen molar-refractivity contribution in [1.29, 1.82) is 0 Å². The summed E-state index contributed by atoms with van der Waals surface area (Å²) < 4.78 is 0. The number of hydrogen-bond acceptors (Lipinski definition) is 2. The van der Waals surface area contributed by atoms with E-state index < -0.39 is 0 Å². The van der Waals surface area contributed by atoms with Crippen LogP contribution in [0.4, 0.5) is 0 Å². The summed E-state index contributed by atoms with van der Waals surface area (Å²) in [6.45, 7) is 5.43. The van der Waals surface area contributed by atoms with Crippen LogP contribution in [0.2, 0.25) is 0 Å². The number of likely N-dealkylation sites (N-methyl/N-ethyl adjacent to an activating group) is 1. The van der Waals surface area contributed by atoms with Gasteiger partial charge in [-0.05, 0) is 37.3 Å². The first-order valence-electron chi connectivity index (χ1n) is 7.00. The summed E-state index contributed by atoms with van der Waals surface area (Å²) in [7, 11) is 2.13. The average molecular weight is 247 g/mol. The van der Waals surface area contributed by atoms with E-state index in [1.807, 2.05) is 6.07 Å². The molecule has 18 heavy (non-hydrogen) atoms. The maximum atomic E-state index is 10.3. The summed E-state index contributed by atoms with van der Waals surface area (Å²) >= 11 is 0. The Morgan fingerprint density at radius 2 is 1.83 bits per heavy atom. The molecule has 100 valence electrons. The monoisotopic (exact) mass is 247 g/mol. The largest absolute Gasteiger partial charge is 0.391 e. The number of aliphatic hydroxyl groups is 1. The Balaban J connectivity index is 2.01. The third kappa shape index (κ3) is 3.12. The maximum Gasteiger partial charge on any atom is 0.0700 e. The summed E-state index contributed by atoms with van der Waals surface area (Å²) in [5.74, 6) is 1.22. The van der Waals surface area contributed by atoms with Crippen molar-refractivity contribution >= 4 is 0 Å². The second kappa shape index (κ2) is 5.85. The van der Waals surface area contributed by atoms with Crippen molar-refractivity contribution in [2.24, 2.45) is 11.8 Å². The van der Waals surface area contributed by atoms with Gasteiger partial charge in [-0.15, -0.1) is 0 Å². The summed E-state index contributed by atoms with van der Waals surface area (Å²) in [5, 5.41) is 10.3. The molecule has 2 heteroatoms. The smallest absolute Gasteiger partial charge is 0.0700 e. The van der Waals surface area contributed by atoms with Crippen molar-refractivity contribution < 1.29 is 5.11 Å². The normalized spacial score (nSPS) is 32.7. The molecular formula is C16H25NO. The van der Waals surface area contributed by atoms with Crippen LogP contribution in [0.3, 0.4) is 0 Å². The van der Waals surface area contributed by atoms with Crippen molar-refractivity contribution in [1.82, 2.24) is 4.90 Å². The highest BCUT2D eigenvalue weighted by Gasteiger charge is 2.35. The lowest BCUT2D eigenvalue weighted by molar-refractivity contribution is -0.0170. The molecule has 2 rings (SSSR count). The summed E-state index contributed by atoms with van der Waals surface area (Å²) in [6.07, 6.45) is 1.98. The van der Waals surface area contributed by atoms with Crippen LogP contribution >= 0.6 is 0 Å². The minimum Gasteiger partial charge on any atom is -0.391 e. The van der Waals surface area contributed by atoms with Crippen molar-refractivity contribution in [2.75, 3.05) is 7.05 Å². The molecule has 0 radical (unpaired) electrons. The van der Waals surface area contributed by atoms with Crippen LogP contribution in [-0.2, 0) is 6.54 Å². The lowest BCUT2D eigenvalue weighted by Gasteiger charge is -2.42. The Morgan fingerprint density at radius 1 is 1.17 bits per heavy atom. The molecule has 0 heterocycles. The molecule has 1 saturated carbocycles. The first kappa shape index (κ1) is 13.6. The van der Waals surface area contributed by atoms with Gasteiger partial charge in [-0.25, -0.2) is 0 Å². The van der Waals surface area contributed by atoms with Gasteiger partial charge in [-0.3, -0.25) is 4.90 Å². The fourth-order valence-corrected chi connectivity index (χ4v) is 3.51. The van der Waals surface area contributed by atoms with Gasteiger partial charge < -0.3 is 5.11 Å². The van der Waals surface area contributed by atoms with Crippen LogP contribution < -0.4 is 0 Å². The number of benzene rings is 1. The second-order valence-electron chi connectivity index (χ2n) is 6.01. The summed E-state index contributed by atoms with van der Waals surface area (Å²) in [6, 6.07) is 10.8. The topological polar surface area (TPSA) is 23.5 Å². The van der Waals surface area contributed by atoms with E-state index in [0.717, 1.165) is 13.0 Å². The molecule has 4 atom stereocenters. The van der Waals surface area contributed by atoms with Crippen LogP contribution in [0, 0.1) is 11.8 Å². The highest BCUT2D eigenvalue weighted by molar-refractivity contribution is 5.14. The second-order valence-corrected chi connectivity index (χ2v) is 6.01. The van der Waals surface area contributed by atoms with Gasteiger partial charge in [0.1, 0.15) is 0 Å². The van der Waals surface area contributed by atoms with Gasteiger partial charge in [-0.1, -0.05) is 44.2 Å². The quantitative estimate of drug-likeness (QED) is 0.887. The van der Waals surface area contributed by atoms with E-state index >= 15 is 0 Å². The van der Waals surface area contributed by atoms with Crippen molar-refractivity contribution in [2.45, 2.75) is 45.4 Å². The van der Waals surface area contributed by atoms with E-state index in [2.05, 4.69) is 50.1 Å². The standard InChI is InChI=1S/C16H25NO/c1-12-9-13(2)16(15(18)10-12)17(3)11-14-7-5-4-6-8-14/h4-8,12-13,15-16,18H,9-11H2,1-3H3. The van der Waals surface area contributed by atoms with Gasteiger partial charge in [0.05, 0.1) is 6.10 Å². The molecule has 2 nitrogen and oxygen atoms in total. The number of aliphatic hydroxyl groups excluding tert-OH is 1. The molecule has 1 aliphatic rings. The van der Waals surface area contributed by atoms with Gasteiger partial charge in [0.25, 0.3) is 0 Å². The predicted octanol–water partition coefficient (Wildman–Crippen LogP) is 2.91. The Morgan fingerprint density at radius 3 is 2.44 bits per heavy atom. The van der Waals surface area contributed by atoms with E-state index in [0.29, 0.717) is 17.9 Å². The third-order valence-electron chi connectivity index (χ3n) is 4.18. The lowest BCUT2D eigenvalue weighted by Crippen LogP contribution is -2.49. The molecular weight excluding hydrogens is 222 g/mol. The minimum absolute atomic E-state index is 0.183. The van der Waals surface area contributed by atoms with Gasteiger partial charge in [0.15, 0.2) is 0 Å². The first-order valence-corrected chi connectivity index (χ1v) is 7.00. The predicted molar refractivity (Wildman–Crippen MR) is 75.3 cm³/mol. The molecule has 1 aromatic rings. The summed E-state index contributed by atoms with van der Waals surface area (Å²) in [5.41, 5.74) is 1.32. The molecule has 0 bridgehead atoms. The summed E-state index contributed by atoms with van der Waals surface area (Å²) in [4.78, 5) is 2.32. The highest BCUT2D eigenvalue weighted by Crippen LogP contribution is 2.32. The van der Waals surface area contributed by atoms with Gasteiger partial charge >= 0.3 is 0 Å². The molecule has 1 aliphatic carbocycles. The van der Waals surface area contributed by atoms with Gasteiger partial charge in [-0.2, -0.15) is 0 Å². The van der Waals surface area contributed by atoms with Crippen LogP contribution in [0.1, 0.15) is 32.3 Å². The molecule has 0 amide bonds. The van der Waals surface area contributed by atoms with Crippen LogP contribution in [0.15, 0.2) is 30.3 Å². The van der Waals surface area contributed by atoms with Crippen molar-refractivity contribution in [3.63, 3.8) is 0 Å². The zero-order chi connectivity index (χ0) is 13.1. The van der Waals surface area contributed by atoms with E-state index in [1.165, 1.54) is 12.0 Å². The van der Waals surface area contributed by atoms with E-state index in [9.17, 15) is 5.11 Å². The Hall–Kier alpha value is -0.860. The molecule has 1 aromatic carbocycles. The molecule has 0 spiro atoms. The third-order valence-corrected chi connectivity index (χ3v) is 4.18. The van der Waals surface area contributed by atoms with Gasteiger partial charge in [0, 0.05) is 12.6 Å². The van der Waals surface area contributed by atoms with Crippen LogP contribution in [0.25, 0.3) is 0 Å². The number of nitrogens with zero attached hydrogens (tertiary/aromatic N) is 1. The molecule has 0 saturated heterocycles. The molecule has 0 aromatic heterocycles. The fourth-order valence-electron chi connectivity index (χ4n) is 3.51. The molecule has 0 aliphatic heterocycles. The van der Waals surface area contributed by atoms with Crippen molar-refractivity contribution in [3.05, 3.63) is 35.9 Å². The molecule has 1 fully saturated rings. The van der Waals surface area contributed by atoms with Gasteiger partial charge in [0.2, 0.25) is 0 Å². The zero-order valence-electron chi connectivity index (χ0n) is 11.7. The molecule has 4 unspecified atom stereocenters. The van der Waals surface area contributed by atoms with Crippen molar-refractivity contribution in [3.8, 4) is 0 Å². The number of hydrogen-bond donors (Lipinski definition) is 1. The Kier molecular flexibility index (Phi) is 4.41. The molecule has 1 N–H and O–H groups in total. The average Bonchev–Trinajstić information content (AvgIpc) is 2.28. The minimum atomic E-state index is -0.183. The van der Waals surface area contributed by atoms with E-state index in [1.54, 1.807) is 0 Å². The SMILES string of the molecule is CC1CC(C)C(N(C)Cc2ccccc2)C(O)C1. The lowest BCUT2D eigenvalue weighted by atomic mass is 9.77. The van der Waals surface area contributed by atoms with Crippen LogP contribution in [0.5, 0.6) is 0 Å². The number of rotatable bonds is 3. The van der Waals surface area contributed by atoms with E-state index in [4.69, 9.17) is 0 Å². The Bertz CT molecular complexity index is 353. The van der Waals surface area contributed by atoms with E-state index in [-0.39, 0.29) is 6.10 Å². The Labute approximate surface area is 111 Å². The zero-order valence-corrected chi connectivity index (χ0v) is 11.7. The highest BCUT2D eigenvalue weighted by atomic mass is 16.3. The maximum absolute atomic E-state index is 10.3.